The quantitative estimate of drug-likeness (QED) is 0.938. The van der Waals surface area contributed by atoms with Crippen LogP contribution in [0, 0.1) is 0 Å². The highest BCUT2D eigenvalue weighted by Crippen LogP contribution is 2.34. The van der Waals surface area contributed by atoms with Crippen LogP contribution in [0.15, 0.2) is 42.5 Å². The molecule has 1 heterocycles. The number of hydrogen-bond acceptors (Lipinski definition) is 4. The highest BCUT2D eigenvalue weighted by atomic mass is 16.5. The second kappa shape index (κ2) is 6.83. The van der Waals surface area contributed by atoms with E-state index in [1.165, 1.54) is 0 Å². The summed E-state index contributed by atoms with van der Waals surface area (Å²) in [6.07, 6.45) is 0.858. The van der Waals surface area contributed by atoms with Crippen molar-refractivity contribution in [2.24, 2.45) is 0 Å². The minimum absolute atomic E-state index is 0.0282. The van der Waals surface area contributed by atoms with Crippen molar-refractivity contribution in [1.29, 1.82) is 0 Å². The molecule has 1 aliphatic heterocycles. The third-order valence-corrected chi connectivity index (χ3v) is 4.44. The SMILES string of the molecule is COc1cccc(OC)c1C(=O)NC1CCN(C)c2ccccc21. The maximum atomic E-state index is 12.9. The van der Waals surface area contributed by atoms with Crippen molar-refractivity contribution in [2.75, 3.05) is 32.7 Å². The van der Waals surface area contributed by atoms with Gasteiger partial charge in [-0.05, 0) is 30.2 Å². The molecule has 2 aromatic carbocycles. The molecule has 1 unspecified atom stereocenters. The van der Waals surface area contributed by atoms with Gasteiger partial charge < -0.3 is 19.7 Å². The summed E-state index contributed by atoms with van der Waals surface area (Å²) in [7, 11) is 5.17. The summed E-state index contributed by atoms with van der Waals surface area (Å²) in [6, 6.07) is 13.5. The number of nitrogens with one attached hydrogen (secondary N) is 1. The number of methoxy groups -OCH3 is 2. The lowest BCUT2D eigenvalue weighted by molar-refractivity contribution is 0.0928. The number of benzene rings is 2. The van der Waals surface area contributed by atoms with E-state index in [4.69, 9.17) is 9.47 Å². The first kappa shape index (κ1) is 16.2. The summed E-state index contributed by atoms with van der Waals surface area (Å²) in [4.78, 5) is 15.1. The molecule has 0 fully saturated rings. The molecule has 1 amide bonds. The standard InChI is InChI=1S/C19H22N2O3/c1-21-12-11-14(13-7-4-5-8-15(13)21)20-19(22)18-16(23-2)9-6-10-17(18)24-3/h4-10,14H,11-12H2,1-3H3,(H,20,22). The first-order valence-corrected chi connectivity index (χ1v) is 7.97. The number of hydrogen-bond donors (Lipinski definition) is 1. The van der Waals surface area contributed by atoms with Crippen molar-refractivity contribution in [1.82, 2.24) is 5.32 Å². The number of anilines is 1. The minimum Gasteiger partial charge on any atom is -0.496 e. The summed E-state index contributed by atoms with van der Waals surface area (Å²) in [5.41, 5.74) is 2.72. The summed E-state index contributed by atoms with van der Waals surface area (Å²) in [5, 5.41) is 3.14. The van der Waals surface area contributed by atoms with Crippen LogP contribution >= 0.6 is 0 Å². The summed E-state index contributed by atoms with van der Waals surface area (Å²) in [6.45, 7) is 0.894. The molecule has 0 saturated heterocycles. The van der Waals surface area contributed by atoms with Crippen LogP contribution in [0.3, 0.4) is 0 Å². The highest BCUT2D eigenvalue weighted by molar-refractivity contribution is 6.00. The molecule has 1 atom stereocenters. The van der Waals surface area contributed by atoms with Gasteiger partial charge in [0.05, 0.1) is 20.3 Å². The van der Waals surface area contributed by atoms with Crippen molar-refractivity contribution in [3.05, 3.63) is 53.6 Å². The molecular weight excluding hydrogens is 304 g/mol. The Morgan fingerprint density at radius 3 is 2.42 bits per heavy atom. The molecule has 0 spiro atoms. The smallest absolute Gasteiger partial charge is 0.259 e. The molecule has 0 radical (unpaired) electrons. The number of amides is 1. The third-order valence-electron chi connectivity index (χ3n) is 4.44. The van der Waals surface area contributed by atoms with Gasteiger partial charge in [-0.2, -0.15) is 0 Å². The third kappa shape index (κ3) is 2.89. The molecule has 0 saturated carbocycles. The Labute approximate surface area is 142 Å². The lowest BCUT2D eigenvalue weighted by atomic mass is 9.96. The summed E-state index contributed by atoms with van der Waals surface area (Å²) < 4.78 is 10.7. The molecule has 5 heteroatoms. The van der Waals surface area contributed by atoms with Gasteiger partial charge in [0.15, 0.2) is 0 Å². The molecule has 0 aromatic heterocycles. The van der Waals surface area contributed by atoms with Crippen LogP contribution in [-0.4, -0.2) is 33.7 Å². The maximum absolute atomic E-state index is 12.9. The number of fused-ring (bicyclic) bond motifs is 1. The fraction of sp³-hybridized carbons (Fsp3) is 0.316. The van der Waals surface area contributed by atoms with Crippen LogP contribution in [0.1, 0.15) is 28.4 Å². The Morgan fingerprint density at radius 1 is 1.08 bits per heavy atom. The number of carbonyl (C=O) groups is 1. The zero-order valence-electron chi connectivity index (χ0n) is 14.2. The molecule has 3 rings (SSSR count). The minimum atomic E-state index is -0.186. The van der Waals surface area contributed by atoms with E-state index in [2.05, 4.69) is 29.4 Å². The summed E-state index contributed by atoms with van der Waals surface area (Å²) >= 11 is 0. The van der Waals surface area contributed by atoms with Gasteiger partial charge in [-0.25, -0.2) is 0 Å². The average Bonchev–Trinajstić information content (AvgIpc) is 2.63. The van der Waals surface area contributed by atoms with Gasteiger partial charge >= 0.3 is 0 Å². The average molecular weight is 326 g/mol. The number of nitrogens with zero attached hydrogens (tertiary/aromatic N) is 1. The lowest BCUT2D eigenvalue weighted by Gasteiger charge is -2.33. The van der Waals surface area contributed by atoms with Gasteiger partial charge in [0.25, 0.3) is 5.91 Å². The normalized spacial score (nSPS) is 16.3. The molecule has 24 heavy (non-hydrogen) atoms. The predicted octanol–water partition coefficient (Wildman–Crippen LogP) is 3.01. The second-order valence-electron chi connectivity index (χ2n) is 5.83. The Kier molecular flexibility index (Phi) is 4.60. The molecule has 1 aliphatic rings. The zero-order chi connectivity index (χ0) is 17.1. The predicted molar refractivity (Wildman–Crippen MR) is 94.1 cm³/mol. The van der Waals surface area contributed by atoms with E-state index >= 15 is 0 Å². The van der Waals surface area contributed by atoms with Gasteiger partial charge in [-0.3, -0.25) is 4.79 Å². The second-order valence-corrected chi connectivity index (χ2v) is 5.83. The van der Waals surface area contributed by atoms with Crippen molar-refractivity contribution in [3.63, 3.8) is 0 Å². The first-order valence-electron chi connectivity index (χ1n) is 7.97. The van der Waals surface area contributed by atoms with E-state index in [1.807, 2.05) is 12.1 Å². The Balaban J connectivity index is 1.90. The van der Waals surface area contributed by atoms with Crippen molar-refractivity contribution < 1.29 is 14.3 Å². The number of para-hydroxylation sites is 1. The van der Waals surface area contributed by atoms with E-state index in [1.54, 1.807) is 32.4 Å². The van der Waals surface area contributed by atoms with E-state index in [-0.39, 0.29) is 11.9 Å². The van der Waals surface area contributed by atoms with Crippen LogP contribution in [0.25, 0.3) is 0 Å². The molecule has 5 nitrogen and oxygen atoms in total. The molecule has 126 valence electrons. The van der Waals surface area contributed by atoms with E-state index in [0.29, 0.717) is 17.1 Å². The molecule has 1 N–H and O–H groups in total. The topological polar surface area (TPSA) is 50.8 Å². The largest absolute Gasteiger partial charge is 0.496 e. The highest BCUT2D eigenvalue weighted by Gasteiger charge is 2.26. The van der Waals surface area contributed by atoms with Crippen LogP contribution in [0.2, 0.25) is 0 Å². The van der Waals surface area contributed by atoms with Crippen molar-refractivity contribution in [3.8, 4) is 11.5 Å². The van der Waals surface area contributed by atoms with Gasteiger partial charge in [-0.15, -0.1) is 0 Å². The maximum Gasteiger partial charge on any atom is 0.259 e. The lowest BCUT2D eigenvalue weighted by Crippen LogP contribution is -2.36. The van der Waals surface area contributed by atoms with E-state index < -0.39 is 0 Å². The first-order chi connectivity index (χ1) is 11.7. The fourth-order valence-corrected chi connectivity index (χ4v) is 3.18. The molecule has 0 aliphatic carbocycles. The number of ether oxygens (including phenoxy) is 2. The Hall–Kier alpha value is -2.69. The van der Waals surface area contributed by atoms with Crippen LogP contribution in [-0.2, 0) is 0 Å². The van der Waals surface area contributed by atoms with Crippen LogP contribution < -0.4 is 19.7 Å². The monoisotopic (exact) mass is 326 g/mol. The molecule has 2 aromatic rings. The van der Waals surface area contributed by atoms with Crippen LogP contribution in [0.4, 0.5) is 5.69 Å². The van der Waals surface area contributed by atoms with Gasteiger partial charge in [0.2, 0.25) is 0 Å². The van der Waals surface area contributed by atoms with Crippen LogP contribution in [0.5, 0.6) is 11.5 Å². The Morgan fingerprint density at radius 2 is 1.75 bits per heavy atom. The van der Waals surface area contributed by atoms with Gasteiger partial charge in [0, 0.05) is 19.3 Å². The fourth-order valence-electron chi connectivity index (χ4n) is 3.18. The van der Waals surface area contributed by atoms with E-state index in [0.717, 1.165) is 24.2 Å². The van der Waals surface area contributed by atoms with Gasteiger partial charge in [0.1, 0.15) is 17.1 Å². The Bertz CT molecular complexity index is 723. The zero-order valence-corrected chi connectivity index (χ0v) is 14.2. The number of carbonyl (C=O) groups excluding carboxylic acids is 1. The number of rotatable bonds is 4. The molecular formula is C19H22N2O3. The van der Waals surface area contributed by atoms with Crippen molar-refractivity contribution in [2.45, 2.75) is 12.5 Å². The summed E-state index contributed by atoms with van der Waals surface area (Å²) in [5.74, 6) is 0.829. The molecule has 0 bridgehead atoms. The van der Waals surface area contributed by atoms with Gasteiger partial charge in [-0.1, -0.05) is 24.3 Å². The van der Waals surface area contributed by atoms with Crippen molar-refractivity contribution >= 4 is 11.6 Å². The van der Waals surface area contributed by atoms with E-state index in [9.17, 15) is 4.79 Å².